The van der Waals surface area contributed by atoms with Gasteiger partial charge in [0.05, 0.1) is 6.04 Å². The number of carbonyl (C=O) groups excluding carboxylic acids is 1. The van der Waals surface area contributed by atoms with Gasteiger partial charge < -0.3 is 19.3 Å². The summed E-state index contributed by atoms with van der Waals surface area (Å²) in [6, 6.07) is 13.5. The number of rotatable bonds is 6. The highest BCUT2D eigenvalue weighted by molar-refractivity contribution is 5.76. The molecule has 1 amide bonds. The van der Waals surface area contributed by atoms with Crippen molar-refractivity contribution in [3.63, 3.8) is 0 Å². The lowest BCUT2D eigenvalue weighted by Gasteiger charge is -2.21. The third kappa shape index (κ3) is 4.56. The van der Waals surface area contributed by atoms with Crippen molar-refractivity contribution in [2.45, 2.75) is 32.7 Å². The maximum atomic E-state index is 12.3. The normalized spacial score (nSPS) is 13.7. The average molecular weight is 393 g/mol. The quantitative estimate of drug-likeness (QED) is 0.688. The molecule has 0 bridgehead atoms. The molecular weight excluding hydrogens is 370 g/mol. The lowest BCUT2D eigenvalue weighted by atomic mass is 10.1. The molecule has 1 aliphatic rings. The number of fused-ring (bicyclic) bond motifs is 1. The Morgan fingerprint density at radius 2 is 1.86 bits per heavy atom. The molecule has 0 spiro atoms. The van der Waals surface area contributed by atoms with Gasteiger partial charge in [-0.05, 0) is 31.5 Å². The summed E-state index contributed by atoms with van der Waals surface area (Å²) in [5.74, 6) is 2.35. The van der Waals surface area contributed by atoms with Crippen LogP contribution in [0.15, 0.2) is 47.0 Å². The zero-order chi connectivity index (χ0) is 20.2. The Morgan fingerprint density at radius 1 is 1.10 bits per heavy atom. The molecule has 2 heterocycles. The van der Waals surface area contributed by atoms with Crippen LogP contribution < -0.4 is 14.8 Å². The number of aryl methyl sites for hydroxylation is 2. The molecule has 1 aromatic heterocycles. The second-order valence-electron chi connectivity index (χ2n) is 7.07. The highest BCUT2D eigenvalue weighted by Gasteiger charge is 2.16. The highest BCUT2D eigenvalue weighted by Crippen LogP contribution is 2.32. The van der Waals surface area contributed by atoms with Crippen LogP contribution in [0.25, 0.3) is 11.4 Å². The summed E-state index contributed by atoms with van der Waals surface area (Å²) in [4.78, 5) is 16.7. The molecule has 0 fully saturated rings. The van der Waals surface area contributed by atoms with Crippen molar-refractivity contribution in [2.75, 3.05) is 13.2 Å². The van der Waals surface area contributed by atoms with E-state index in [-0.39, 0.29) is 18.4 Å². The fourth-order valence-electron chi connectivity index (χ4n) is 3.12. The van der Waals surface area contributed by atoms with Crippen molar-refractivity contribution in [1.82, 2.24) is 15.5 Å². The van der Waals surface area contributed by atoms with E-state index in [0.717, 1.165) is 16.9 Å². The van der Waals surface area contributed by atoms with Crippen molar-refractivity contribution in [1.29, 1.82) is 0 Å². The third-order valence-electron chi connectivity index (χ3n) is 4.79. The van der Waals surface area contributed by atoms with Crippen LogP contribution in [-0.2, 0) is 11.2 Å². The van der Waals surface area contributed by atoms with Crippen LogP contribution in [0.2, 0.25) is 0 Å². The Morgan fingerprint density at radius 3 is 2.66 bits per heavy atom. The molecule has 0 saturated heterocycles. The van der Waals surface area contributed by atoms with E-state index in [2.05, 4.69) is 15.5 Å². The minimum absolute atomic E-state index is 0.0810. The number of hydrogen-bond donors (Lipinski definition) is 1. The fourth-order valence-corrected chi connectivity index (χ4v) is 3.12. The van der Waals surface area contributed by atoms with Crippen LogP contribution in [0.5, 0.6) is 11.5 Å². The van der Waals surface area contributed by atoms with E-state index >= 15 is 0 Å². The zero-order valence-electron chi connectivity index (χ0n) is 16.5. The topological polar surface area (TPSA) is 86.5 Å². The van der Waals surface area contributed by atoms with Gasteiger partial charge in [0.15, 0.2) is 11.5 Å². The number of carbonyl (C=O) groups is 1. The van der Waals surface area contributed by atoms with Crippen molar-refractivity contribution < 1.29 is 18.8 Å². The standard InChI is InChI=1S/C22H23N3O4/c1-14-3-5-16(6-4-14)22-24-21(29-25-22)10-9-20(26)23-15(2)17-7-8-18-19(13-17)28-12-11-27-18/h3-8,13,15H,9-12H2,1-2H3,(H,23,26). The van der Waals surface area contributed by atoms with Crippen LogP contribution in [0.4, 0.5) is 0 Å². The molecule has 1 aliphatic heterocycles. The van der Waals surface area contributed by atoms with Gasteiger partial charge in [0.2, 0.25) is 17.6 Å². The molecule has 1 unspecified atom stereocenters. The van der Waals surface area contributed by atoms with Crippen LogP contribution in [-0.4, -0.2) is 29.3 Å². The minimum atomic E-state index is -0.149. The van der Waals surface area contributed by atoms with E-state index in [1.807, 2.05) is 56.3 Å². The maximum Gasteiger partial charge on any atom is 0.227 e. The van der Waals surface area contributed by atoms with Gasteiger partial charge in [-0.2, -0.15) is 4.98 Å². The van der Waals surface area contributed by atoms with E-state index in [1.54, 1.807) is 0 Å². The summed E-state index contributed by atoms with van der Waals surface area (Å²) in [6.45, 7) is 5.05. The van der Waals surface area contributed by atoms with Crippen LogP contribution in [0, 0.1) is 6.92 Å². The number of benzene rings is 2. The molecule has 0 saturated carbocycles. The first-order chi connectivity index (χ1) is 14.1. The molecule has 0 radical (unpaired) electrons. The largest absolute Gasteiger partial charge is 0.486 e. The molecule has 29 heavy (non-hydrogen) atoms. The molecule has 2 aromatic carbocycles. The van der Waals surface area contributed by atoms with Gasteiger partial charge in [-0.3, -0.25) is 4.79 Å². The highest BCUT2D eigenvalue weighted by atomic mass is 16.6. The second-order valence-corrected chi connectivity index (χ2v) is 7.07. The number of ether oxygens (including phenoxy) is 2. The summed E-state index contributed by atoms with van der Waals surface area (Å²) in [6.07, 6.45) is 0.656. The Kier molecular flexibility index (Phi) is 5.46. The predicted octanol–water partition coefficient (Wildman–Crippen LogP) is 3.63. The van der Waals surface area contributed by atoms with Gasteiger partial charge in [-0.15, -0.1) is 0 Å². The minimum Gasteiger partial charge on any atom is -0.486 e. The summed E-state index contributed by atoms with van der Waals surface area (Å²) in [5.41, 5.74) is 3.02. The Hall–Kier alpha value is -3.35. The fraction of sp³-hybridized carbons (Fsp3) is 0.318. The molecule has 1 atom stereocenters. The van der Waals surface area contributed by atoms with Gasteiger partial charge >= 0.3 is 0 Å². The first-order valence-electron chi connectivity index (χ1n) is 9.67. The van der Waals surface area contributed by atoms with E-state index in [9.17, 15) is 4.79 Å². The lowest BCUT2D eigenvalue weighted by molar-refractivity contribution is -0.121. The summed E-state index contributed by atoms with van der Waals surface area (Å²) >= 11 is 0. The summed E-state index contributed by atoms with van der Waals surface area (Å²) < 4.78 is 16.4. The molecule has 1 N–H and O–H groups in total. The van der Waals surface area contributed by atoms with Crippen LogP contribution in [0.1, 0.15) is 36.4 Å². The van der Waals surface area contributed by atoms with Gasteiger partial charge in [0.1, 0.15) is 13.2 Å². The lowest BCUT2D eigenvalue weighted by Crippen LogP contribution is -2.27. The van der Waals surface area contributed by atoms with E-state index < -0.39 is 0 Å². The Balaban J connectivity index is 1.31. The van der Waals surface area contributed by atoms with E-state index in [4.69, 9.17) is 14.0 Å². The monoisotopic (exact) mass is 393 g/mol. The van der Waals surface area contributed by atoms with Crippen molar-refractivity contribution >= 4 is 5.91 Å². The van der Waals surface area contributed by atoms with Gasteiger partial charge in [0.25, 0.3) is 0 Å². The molecule has 0 aliphatic carbocycles. The first-order valence-corrected chi connectivity index (χ1v) is 9.67. The average Bonchev–Trinajstić information content (AvgIpc) is 3.21. The van der Waals surface area contributed by atoms with Gasteiger partial charge in [-0.25, -0.2) is 0 Å². The number of amides is 1. The molecule has 7 heteroatoms. The van der Waals surface area contributed by atoms with Crippen LogP contribution in [0.3, 0.4) is 0 Å². The van der Waals surface area contributed by atoms with Gasteiger partial charge in [0, 0.05) is 18.4 Å². The van der Waals surface area contributed by atoms with Crippen molar-refractivity contribution in [3.05, 3.63) is 59.5 Å². The van der Waals surface area contributed by atoms with Crippen molar-refractivity contribution in [2.24, 2.45) is 0 Å². The number of nitrogens with one attached hydrogen (secondary N) is 1. The number of hydrogen-bond acceptors (Lipinski definition) is 6. The van der Waals surface area contributed by atoms with E-state index in [0.29, 0.717) is 37.1 Å². The Labute approximate surface area is 169 Å². The SMILES string of the molecule is Cc1ccc(-c2noc(CCC(=O)NC(C)c3ccc4c(c3)OCCO4)n2)cc1. The molecule has 3 aromatic rings. The molecule has 7 nitrogen and oxygen atoms in total. The van der Waals surface area contributed by atoms with E-state index in [1.165, 1.54) is 5.56 Å². The molecular formula is C22H23N3O4. The van der Waals surface area contributed by atoms with Crippen LogP contribution >= 0.6 is 0 Å². The second kappa shape index (κ2) is 8.34. The molecule has 150 valence electrons. The van der Waals surface area contributed by atoms with Gasteiger partial charge in [-0.1, -0.05) is 41.1 Å². The van der Waals surface area contributed by atoms with Crippen molar-refractivity contribution in [3.8, 4) is 22.9 Å². The maximum absolute atomic E-state index is 12.3. The molecule has 4 rings (SSSR count). The number of aromatic nitrogens is 2. The third-order valence-corrected chi connectivity index (χ3v) is 4.79. The smallest absolute Gasteiger partial charge is 0.227 e. The first kappa shape index (κ1) is 19.0. The number of nitrogens with zero attached hydrogens (tertiary/aromatic N) is 2. The summed E-state index contributed by atoms with van der Waals surface area (Å²) in [7, 11) is 0. The predicted molar refractivity (Wildman–Crippen MR) is 107 cm³/mol. The Bertz CT molecular complexity index is 998. The zero-order valence-corrected chi connectivity index (χ0v) is 16.5. The summed E-state index contributed by atoms with van der Waals surface area (Å²) in [5, 5.41) is 6.99.